The molecule has 0 aliphatic carbocycles. The van der Waals surface area contributed by atoms with Crippen LogP contribution in [0.2, 0.25) is 0 Å². The van der Waals surface area contributed by atoms with Gasteiger partial charge in [-0.2, -0.15) is 0 Å². The van der Waals surface area contributed by atoms with Crippen LogP contribution in [0.1, 0.15) is 19.9 Å². The molecule has 0 amide bonds. The molecule has 0 fully saturated rings. The van der Waals surface area contributed by atoms with Crippen molar-refractivity contribution >= 4 is 22.1 Å². The van der Waals surface area contributed by atoms with E-state index in [1.807, 2.05) is 44.3 Å². The summed E-state index contributed by atoms with van der Waals surface area (Å²) in [5, 5.41) is 9.46. The molecule has 0 saturated heterocycles. The van der Waals surface area contributed by atoms with Gasteiger partial charge in [0.05, 0.1) is 5.52 Å². The quantitative estimate of drug-likeness (QED) is 0.570. The number of hydrogen-bond donors (Lipinski definition) is 0. The lowest BCUT2D eigenvalue weighted by molar-refractivity contribution is 0.584. The lowest BCUT2D eigenvalue weighted by Crippen LogP contribution is -2.23. The average Bonchev–Trinajstić information content (AvgIpc) is 2.87. The van der Waals surface area contributed by atoms with E-state index < -0.39 is 0 Å². The Bertz CT molecular complexity index is 1110. The Morgan fingerprint density at radius 2 is 1.92 bits per heavy atom. The standard InChI is InChI=1S/C18H17N5O/c1-11(2)23-16-14-9-12(13-5-4-8-19-10-13)6-7-15(14)20-21-17(16)22(3)18(23)24/h4-11H,1-3H3. The lowest BCUT2D eigenvalue weighted by Gasteiger charge is -2.09. The molecule has 0 radical (unpaired) electrons. The molecule has 6 heteroatoms. The Morgan fingerprint density at radius 1 is 1.08 bits per heavy atom. The molecule has 3 heterocycles. The SMILES string of the molecule is CC(C)n1c(=O)n(C)c2nnc3ccc(-c4cccnc4)cc3c21. The van der Waals surface area contributed by atoms with Crippen LogP contribution in [0, 0.1) is 0 Å². The number of rotatable bonds is 2. The second-order valence-electron chi connectivity index (χ2n) is 6.15. The first-order valence-corrected chi connectivity index (χ1v) is 7.85. The van der Waals surface area contributed by atoms with Gasteiger partial charge in [0.1, 0.15) is 5.52 Å². The maximum atomic E-state index is 12.6. The van der Waals surface area contributed by atoms with Crippen molar-refractivity contribution in [2.45, 2.75) is 19.9 Å². The number of aromatic nitrogens is 5. The van der Waals surface area contributed by atoms with Crippen LogP contribution in [-0.2, 0) is 7.05 Å². The van der Waals surface area contributed by atoms with Gasteiger partial charge in [-0.15, -0.1) is 10.2 Å². The maximum absolute atomic E-state index is 12.6. The third-order valence-electron chi connectivity index (χ3n) is 4.28. The summed E-state index contributed by atoms with van der Waals surface area (Å²) in [4.78, 5) is 16.8. The Labute approximate surface area is 138 Å². The second-order valence-corrected chi connectivity index (χ2v) is 6.15. The minimum Gasteiger partial charge on any atom is -0.287 e. The fraction of sp³-hybridized carbons (Fsp3) is 0.222. The van der Waals surface area contributed by atoms with Gasteiger partial charge in [-0.3, -0.25) is 14.1 Å². The van der Waals surface area contributed by atoms with Crippen LogP contribution in [0.15, 0.2) is 47.5 Å². The van der Waals surface area contributed by atoms with E-state index in [2.05, 4.69) is 21.2 Å². The van der Waals surface area contributed by atoms with Crippen molar-refractivity contribution in [3.63, 3.8) is 0 Å². The van der Waals surface area contributed by atoms with E-state index in [4.69, 9.17) is 0 Å². The summed E-state index contributed by atoms with van der Waals surface area (Å²) in [6, 6.07) is 9.96. The first-order chi connectivity index (χ1) is 11.6. The largest absolute Gasteiger partial charge is 0.330 e. The first kappa shape index (κ1) is 14.6. The molecule has 4 rings (SSSR count). The van der Waals surface area contributed by atoms with E-state index in [0.29, 0.717) is 5.65 Å². The molecule has 1 aromatic carbocycles. The Balaban J connectivity index is 2.13. The van der Waals surface area contributed by atoms with Crippen LogP contribution in [0.25, 0.3) is 33.2 Å². The summed E-state index contributed by atoms with van der Waals surface area (Å²) in [5.41, 5.74) is 4.19. The van der Waals surface area contributed by atoms with E-state index in [-0.39, 0.29) is 11.7 Å². The van der Waals surface area contributed by atoms with Gasteiger partial charge >= 0.3 is 5.69 Å². The summed E-state index contributed by atoms with van der Waals surface area (Å²) in [6.07, 6.45) is 3.58. The zero-order chi connectivity index (χ0) is 16.8. The zero-order valence-corrected chi connectivity index (χ0v) is 13.8. The van der Waals surface area contributed by atoms with Gasteiger partial charge in [-0.05, 0) is 37.6 Å². The summed E-state index contributed by atoms with van der Waals surface area (Å²) in [6.45, 7) is 4.00. The van der Waals surface area contributed by atoms with Gasteiger partial charge in [0.2, 0.25) is 0 Å². The molecule has 24 heavy (non-hydrogen) atoms. The molecule has 0 atom stereocenters. The highest BCUT2D eigenvalue weighted by Crippen LogP contribution is 2.28. The number of hydrogen-bond acceptors (Lipinski definition) is 4. The maximum Gasteiger partial charge on any atom is 0.330 e. The predicted molar refractivity (Wildman–Crippen MR) is 93.9 cm³/mol. The minimum absolute atomic E-state index is 0.0376. The number of imidazole rings is 1. The highest BCUT2D eigenvalue weighted by molar-refractivity contribution is 6.02. The van der Waals surface area contributed by atoms with Crippen LogP contribution in [0.3, 0.4) is 0 Å². The van der Waals surface area contributed by atoms with E-state index in [1.165, 1.54) is 0 Å². The molecule has 0 bridgehead atoms. The van der Waals surface area contributed by atoms with Crippen molar-refractivity contribution < 1.29 is 0 Å². The normalized spacial score (nSPS) is 11.7. The van der Waals surface area contributed by atoms with E-state index in [1.54, 1.807) is 22.4 Å². The van der Waals surface area contributed by atoms with Crippen LogP contribution in [0.4, 0.5) is 0 Å². The van der Waals surface area contributed by atoms with Crippen molar-refractivity contribution in [1.82, 2.24) is 24.3 Å². The molecule has 0 aliphatic heterocycles. The highest BCUT2D eigenvalue weighted by atomic mass is 16.1. The van der Waals surface area contributed by atoms with Gasteiger partial charge in [-0.25, -0.2) is 4.79 Å². The van der Waals surface area contributed by atoms with Gasteiger partial charge in [0.25, 0.3) is 0 Å². The zero-order valence-electron chi connectivity index (χ0n) is 13.8. The van der Waals surface area contributed by atoms with Gasteiger partial charge in [-0.1, -0.05) is 12.1 Å². The van der Waals surface area contributed by atoms with Crippen LogP contribution in [-0.4, -0.2) is 24.3 Å². The van der Waals surface area contributed by atoms with Crippen LogP contribution in [0.5, 0.6) is 0 Å². The van der Waals surface area contributed by atoms with Crippen molar-refractivity contribution in [2.24, 2.45) is 7.05 Å². The number of pyridine rings is 1. The summed E-state index contributed by atoms with van der Waals surface area (Å²) in [7, 11) is 1.73. The second kappa shape index (κ2) is 5.26. The molecule has 120 valence electrons. The van der Waals surface area contributed by atoms with Crippen molar-refractivity contribution in [1.29, 1.82) is 0 Å². The molecule has 0 saturated carbocycles. The molecule has 0 aliphatic rings. The lowest BCUT2D eigenvalue weighted by atomic mass is 10.0. The smallest absolute Gasteiger partial charge is 0.287 e. The fourth-order valence-corrected chi connectivity index (χ4v) is 3.09. The Kier molecular flexibility index (Phi) is 3.19. The summed E-state index contributed by atoms with van der Waals surface area (Å²) < 4.78 is 3.33. The molecule has 4 aromatic rings. The van der Waals surface area contributed by atoms with Crippen LogP contribution < -0.4 is 5.69 Å². The average molecular weight is 319 g/mol. The number of benzene rings is 1. The molecule has 0 spiro atoms. The van der Waals surface area contributed by atoms with Crippen molar-refractivity contribution in [2.75, 3.05) is 0 Å². The number of nitrogens with zero attached hydrogens (tertiary/aromatic N) is 5. The third-order valence-corrected chi connectivity index (χ3v) is 4.28. The van der Waals surface area contributed by atoms with Gasteiger partial charge in [0.15, 0.2) is 5.65 Å². The number of fused-ring (bicyclic) bond motifs is 3. The Morgan fingerprint density at radius 3 is 2.62 bits per heavy atom. The number of aryl methyl sites for hydroxylation is 1. The molecular weight excluding hydrogens is 302 g/mol. The van der Waals surface area contributed by atoms with E-state index in [0.717, 1.165) is 27.5 Å². The Hall–Kier alpha value is -3.02. The van der Waals surface area contributed by atoms with Crippen LogP contribution >= 0.6 is 0 Å². The molecule has 0 unspecified atom stereocenters. The minimum atomic E-state index is -0.0754. The third kappa shape index (κ3) is 2.03. The molecular formula is C18H17N5O. The monoisotopic (exact) mass is 319 g/mol. The van der Waals surface area contributed by atoms with E-state index in [9.17, 15) is 4.79 Å². The first-order valence-electron chi connectivity index (χ1n) is 7.85. The molecule has 3 aromatic heterocycles. The fourth-order valence-electron chi connectivity index (χ4n) is 3.09. The summed E-state index contributed by atoms with van der Waals surface area (Å²) in [5.74, 6) is 0. The molecule has 6 nitrogen and oxygen atoms in total. The molecule has 0 N–H and O–H groups in total. The predicted octanol–water partition coefficient (Wildman–Crippen LogP) is 2.93. The van der Waals surface area contributed by atoms with Crippen molar-refractivity contribution in [3.05, 3.63) is 53.2 Å². The topological polar surface area (TPSA) is 65.6 Å². The highest BCUT2D eigenvalue weighted by Gasteiger charge is 2.18. The summed E-state index contributed by atoms with van der Waals surface area (Å²) >= 11 is 0. The van der Waals surface area contributed by atoms with Gasteiger partial charge < -0.3 is 0 Å². The van der Waals surface area contributed by atoms with E-state index >= 15 is 0 Å². The van der Waals surface area contributed by atoms with Crippen molar-refractivity contribution in [3.8, 4) is 11.1 Å². The van der Waals surface area contributed by atoms with Gasteiger partial charge in [0, 0.05) is 36.4 Å².